The molecule has 0 aromatic rings. The first-order valence-electron chi connectivity index (χ1n) is 7.52. The Bertz CT molecular complexity index is 291. The normalized spacial score (nSPS) is 23.1. The van der Waals surface area contributed by atoms with Gasteiger partial charge >= 0.3 is 0 Å². The second-order valence-electron chi connectivity index (χ2n) is 6.63. The SMILES string of the molecule is CC(C)CN(C(=O)CC1(O)CCCCC1)C1CC1. The fourth-order valence-corrected chi connectivity index (χ4v) is 3.00. The highest BCUT2D eigenvalue weighted by Gasteiger charge is 2.38. The van der Waals surface area contributed by atoms with Gasteiger partial charge in [-0.2, -0.15) is 0 Å². The Kier molecular flexibility index (Phi) is 4.31. The van der Waals surface area contributed by atoms with E-state index in [1.54, 1.807) is 0 Å². The fraction of sp³-hybridized carbons (Fsp3) is 0.933. The van der Waals surface area contributed by atoms with E-state index in [2.05, 4.69) is 13.8 Å². The molecule has 104 valence electrons. The van der Waals surface area contributed by atoms with Crippen molar-refractivity contribution in [3.8, 4) is 0 Å². The van der Waals surface area contributed by atoms with Crippen molar-refractivity contribution in [2.75, 3.05) is 6.54 Å². The first-order chi connectivity index (χ1) is 8.50. The van der Waals surface area contributed by atoms with Gasteiger partial charge in [0.2, 0.25) is 5.91 Å². The number of hydrogen-bond acceptors (Lipinski definition) is 2. The summed E-state index contributed by atoms with van der Waals surface area (Å²) >= 11 is 0. The van der Waals surface area contributed by atoms with Gasteiger partial charge in [-0.3, -0.25) is 4.79 Å². The molecule has 0 atom stereocenters. The van der Waals surface area contributed by atoms with E-state index < -0.39 is 5.60 Å². The zero-order valence-corrected chi connectivity index (χ0v) is 11.8. The Morgan fingerprint density at radius 1 is 1.28 bits per heavy atom. The summed E-state index contributed by atoms with van der Waals surface area (Å²) in [7, 11) is 0. The average molecular weight is 253 g/mol. The van der Waals surface area contributed by atoms with Crippen LogP contribution in [-0.4, -0.2) is 34.1 Å². The third-order valence-electron chi connectivity index (χ3n) is 4.13. The quantitative estimate of drug-likeness (QED) is 0.818. The molecule has 1 N–H and O–H groups in total. The highest BCUT2D eigenvalue weighted by Crippen LogP contribution is 2.34. The number of carbonyl (C=O) groups excluding carboxylic acids is 1. The lowest BCUT2D eigenvalue weighted by Crippen LogP contribution is -2.42. The maximum atomic E-state index is 12.4. The molecule has 0 spiro atoms. The standard InChI is InChI=1S/C15H27NO2/c1-12(2)11-16(13-6-7-13)14(17)10-15(18)8-4-3-5-9-15/h12-13,18H,3-11H2,1-2H3. The highest BCUT2D eigenvalue weighted by molar-refractivity contribution is 5.78. The molecule has 2 aliphatic rings. The molecule has 18 heavy (non-hydrogen) atoms. The van der Waals surface area contributed by atoms with Crippen molar-refractivity contribution in [3.05, 3.63) is 0 Å². The number of hydrogen-bond donors (Lipinski definition) is 1. The van der Waals surface area contributed by atoms with Crippen LogP contribution < -0.4 is 0 Å². The highest BCUT2D eigenvalue weighted by atomic mass is 16.3. The molecular weight excluding hydrogens is 226 g/mol. The van der Waals surface area contributed by atoms with Crippen molar-refractivity contribution in [2.24, 2.45) is 5.92 Å². The third kappa shape index (κ3) is 3.71. The van der Waals surface area contributed by atoms with E-state index in [0.29, 0.717) is 18.4 Å². The molecule has 0 aliphatic heterocycles. The van der Waals surface area contributed by atoms with Crippen molar-refractivity contribution in [1.29, 1.82) is 0 Å². The Balaban J connectivity index is 1.91. The summed E-state index contributed by atoms with van der Waals surface area (Å²) in [5.41, 5.74) is -0.709. The van der Waals surface area contributed by atoms with E-state index in [1.807, 2.05) is 4.90 Å². The van der Waals surface area contributed by atoms with Crippen LogP contribution >= 0.6 is 0 Å². The molecule has 2 fully saturated rings. The monoisotopic (exact) mass is 253 g/mol. The number of amides is 1. The average Bonchev–Trinajstić information content (AvgIpc) is 3.09. The first kappa shape index (κ1) is 13.9. The molecule has 0 aromatic heterocycles. The maximum Gasteiger partial charge on any atom is 0.225 e. The van der Waals surface area contributed by atoms with E-state index in [9.17, 15) is 9.90 Å². The summed E-state index contributed by atoms with van der Waals surface area (Å²) < 4.78 is 0. The molecule has 0 heterocycles. The summed E-state index contributed by atoms with van der Waals surface area (Å²) in [6.45, 7) is 5.15. The van der Waals surface area contributed by atoms with Gasteiger partial charge in [-0.1, -0.05) is 33.1 Å². The third-order valence-corrected chi connectivity index (χ3v) is 4.13. The van der Waals surface area contributed by atoms with E-state index in [1.165, 1.54) is 6.42 Å². The molecule has 3 nitrogen and oxygen atoms in total. The van der Waals surface area contributed by atoms with Crippen LogP contribution in [0.5, 0.6) is 0 Å². The molecular formula is C15H27NO2. The molecule has 2 aliphatic carbocycles. The molecule has 2 saturated carbocycles. The van der Waals surface area contributed by atoms with Gasteiger partial charge in [0, 0.05) is 12.6 Å². The molecule has 0 bridgehead atoms. The second-order valence-corrected chi connectivity index (χ2v) is 6.63. The van der Waals surface area contributed by atoms with Crippen LogP contribution in [0.4, 0.5) is 0 Å². The lowest BCUT2D eigenvalue weighted by atomic mass is 9.82. The lowest BCUT2D eigenvalue weighted by Gasteiger charge is -2.34. The summed E-state index contributed by atoms with van der Waals surface area (Å²) in [6.07, 6.45) is 7.59. The molecule has 3 heteroatoms. The minimum absolute atomic E-state index is 0.176. The Morgan fingerprint density at radius 3 is 2.39 bits per heavy atom. The van der Waals surface area contributed by atoms with E-state index in [-0.39, 0.29) is 5.91 Å². The molecule has 0 unspecified atom stereocenters. The van der Waals surface area contributed by atoms with Crippen molar-refractivity contribution in [2.45, 2.75) is 76.9 Å². The lowest BCUT2D eigenvalue weighted by molar-refractivity contribution is -0.139. The van der Waals surface area contributed by atoms with Gasteiger partial charge in [-0.05, 0) is 31.6 Å². The predicted octanol–water partition coefficient (Wildman–Crippen LogP) is 2.72. The van der Waals surface area contributed by atoms with Crippen LogP contribution in [0.3, 0.4) is 0 Å². The van der Waals surface area contributed by atoms with Gasteiger partial charge in [0.1, 0.15) is 0 Å². The zero-order chi connectivity index (χ0) is 13.2. The molecule has 0 saturated heterocycles. The number of carbonyl (C=O) groups is 1. The van der Waals surface area contributed by atoms with Crippen molar-refractivity contribution >= 4 is 5.91 Å². The topological polar surface area (TPSA) is 40.5 Å². The summed E-state index contributed by atoms with van der Waals surface area (Å²) in [5.74, 6) is 0.686. The molecule has 0 radical (unpaired) electrons. The van der Waals surface area contributed by atoms with Crippen LogP contribution in [-0.2, 0) is 4.79 Å². The van der Waals surface area contributed by atoms with Crippen molar-refractivity contribution in [1.82, 2.24) is 4.90 Å². The van der Waals surface area contributed by atoms with E-state index >= 15 is 0 Å². The van der Waals surface area contributed by atoms with Crippen molar-refractivity contribution < 1.29 is 9.90 Å². The smallest absolute Gasteiger partial charge is 0.225 e. The maximum absolute atomic E-state index is 12.4. The Labute approximate surface area is 111 Å². The van der Waals surface area contributed by atoms with Crippen molar-refractivity contribution in [3.63, 3.8) is 0 Å². The van der Waals surface area contributed by atoms with Gasteiger partial charge in [0.05, 0.1) is 12.0 Å². The van der Waals surface area contributed by atoms with E-state index in [0.717, 1.165) is 45.1 Å². The van der Waals surface area contributed by atoms with Crippen LogP contribution in [0.25, 0.3) is 0 Å². The van der Waals surface area contributed by atoms with Gasteiger partial charge in [0.25, 0.3) is 0 Å². The largest absolute Gasteiger partial charge is 0.389 e. The van der Waals surface area contributed by atoms with E-state index in [4.69, 9.17) is 0 Å². The molecule has 2 rings (SSSR count). The minimum atomic E-state index is -0.709. The summed E-state index contributed by atoms with van der Waals surface area (Å²) in [4.78, 5) is 14.4. The van der Waals surface area contributed by atoms with Crippen LogP contribution in [0.15, 0.2) is 0 Å². The minimum Gasteiger partial charge on any atom is -0.389 e. The van der Waals surface area contributed by atoms with Gasteiger partial charge in [0.15, 0.2) is 0 Å². The van der Waals surface area contributed by atoms with Gasteiger partial charge in [-0.15, -0.1) is 0 Å². The second kappa shape index (κ2) is 5.60. The predicted molar refractivity (Wildman–Crippen MR) is 72.2 cm³/mol. The number of rotatable bonds is 5. The molecule has 0 aromatic carbocycles. The van der Waals surface area contributed by atoms with Gasteiger partial charge in [-0.25, -0.2) is 0 Å². The molecule has 1 amide bonds. The fourth-order valence-electron chi connectivity index (χ4n) is 3.00. The van der Waals surface area contributed by atoms with Crippen LogP contribution in [0.2, 0.25) is 0 Å². The number of aliphatic hydroxyl groups is 1. The van der Waals surface area contributed by atoms with Crippen LogP contribution in [0, 0.1) is 5.92 Å². The van der Waals surface area contributed by atoms with Gasteiger partial charge < -0.3 is 10.0 Å². The zero-order valence-electron chi connectivity index (χ0n) is 11.8. The summed E-state index contributed by atoms with van der Waals surface area (Å²) in [5, 5.41) is 10.5. The Hall–Kier alpha value is -0.570. The first-order valence-corrected chi connectivity index (χ1v) is 7.52. The Morgan fingerprint density at radius 2 is 1.89 bits per heavy atom. The number of nitrogens with zero attached hydrogens (tertiary/aromatic N) is 1. The summed E-state index contributed by atoms with van der Waals surface area (Å²) in [6, 6.07) is 0.465. The van der Waals surface area contributed by atoms with Crippen LogP contribution in [0.1, 0.15) is 65.2 Å².